The Morgan fingerprint density at radius 1 is 0.706 bits per heavy atom. The summed E-state index contributed by atoms with van der Waals surface area (Å²) in [5, 5.41) is 15.9. The van der Waals surface area contributed by atoms with E-state index >= 15 is 0 Å². The molecule has 2 aromatic carbocycles. The SMILES string of the molecule is Oc1cc2c(O)c(F)c(F)c(F)c2c(F)c1F. The van der Waals surface area contributed by atoms with E-state index in [2.05, 4.69) is 0 Å². The van der Waals surface area contributed by atoms with Gasteiger partial charge in [-0.15, -0.1) is 0 Å². The van der Waals surface area contributed by atoms with E-state index in [1.807, 2.05) is 0 Å². The molecule has 7 heteroatoms. The molecule has 17 heavy (non-hydrogen) atoms. The van der Waals surface area contributed by atoms with E-state index in [9.17, 15) is 22.0 Å². The van der Waals surface area contributed by atoms with Crippen molar-refractivity contribution in [2.75, 3.05) is 0 Å². The summed E-state index contributed by atoms with van der Waals surface area (Å²) in [6, 6.07) is 0.397. The van der Waals surface area contributed by atoms with E-state index in [-0.39, 0.29) is 0 Å². The van der Waals surface area contributed by atoms with Gasteiger partial charge in [0.1, 0.15) is 0 Å². The number of benzene rings is 2. The molecule has 2 nitrogen and oxygen atoms in total. The lowest BCUT2D eigenvalue weighted by atomic mass is 10.1. The van der Waals surface area contributed by atoms with E-state index in [1.54, 1.807) is 0 Å². The van der Waals surface area contributed by atoms with Crippen LogP contribution in [0.2, 0.25) is 0 Å². The van der Waals surface area contributed by atoms with Gasteiger partial charge in [-0.05, 0) is 6.07 Å². The normalized spacial score (nSPS) is 11.1. The number of hydrogen-bond donors (Lipinski definition) is 2. The number of hydrogen-bond acceptors (Lipinski definition) is 2. The summed E-state index contributed by atoms with van der Waals surface area (Å²) in [7, 11) is 0. The molecule has 0 fully saturated rings. The van der Waals surface area contributed by atoms with Crippen LogP contribution in [0.25, 0.3) is 10.8 Å². The van der Waals surface area contributed by atoms with Gasteiger partial charge in [-0.2, -0.15) is 8.78 Å². The summed E-state index contributed by atoms with van der Waals surface area (Å²) < 4.78 is 65.1. The van der Waals surface area contributed by atoms with Crippen LogP contribution < -0.4 is 0 Å². The minimum atomic E-state index is -2.13. The molecule has 0 bridgehead atoms. The fraction of sp³-hybridized carbons (Fsp3) is 0. The van der Waals surface area contributed by atoms with Gasteiger partial charge in [0.05, 0.1) is 5.39 Å². The molecule has 2 rings (SSSR count). The molecule has 0 radical (unpaired) electrons. The van der Waals surface area contributed by atoms with Gasteiger partial charge >= 0.3 is 0 Å². The first-order valence-corrected chi connectivity index (χ1v) is 4.22. The zero-order chi connectivity index (χ0) is 12.9. The highest BCUT2D eigenvalue weighted by atomic mass is 19.2. The molecular weight excluding hydrogens is 247 g/mol. The summed E-state index contributed by atoms with van der Waals surface area (Å²) in [6.45, 7) is 0. The fourth-order valence-electron chi connectivity index (χ4n) is 1.44. The summed E-state index contributed by atoms with van der Waals surface area (Å²) in [6.07, 6.45) is 0. The Balaban J connectivity index is 3.12. The molecule has 90 valence electrons. The first-order valence-electron chi connectivity index (χ1n) is 4.22. The molecule has 0 spiro atoms. The van der Waals surface area contributed by atoms with Crippen LogP contribution in [0.15, 0.2) is 6.07 Å². The molecule has 0 heterocycles. The topological polar surface area (TPSA) is 40.5 Å². The van der Waals surface area contributed by atoms with Crippen molar-refractivity contribution in [1.29, 1.82) is 0 Å². The molecule has 0 unspecified atom stereocenters. The Bertz CT molecular complexity index is 631. The third kappa shape index (κ3) is 1.38. The first-order chi connectivity index (χ1) is 7.86. The maximum Gasteiger partial charge on any atom is 0.204 e. The van der Waals surface area contributed by atoms with Crippen LogP contribution in [-0.4, -0.2) is 10.2 Å². The van der Waals surface area contributed by atoms with Crippen molar-refractivity contribution in [2.24, 2.45) is 0 Å². The minimum Gasteiger partial charge on any atom is -0.505 e. The molecule has 0 aliphatic heterocycles. The second-order valence-corrected chi connectivity index (χ2v) is 3.24. The van der Waals surface area contributed by atoms with Crippen molar-refractivity contribution in [3.63, 3.8) is 0 Å². The van der Waals surface area contributed by atoms with Gasteiger partial charge in [0, 0.05) is 5.39 Å². The van der Waals surface area contributed by atoms with Crippen LogP contribution in [0, 0.1) is 29.1 Å². The largest absolute Gasteiger partial charge is 0.505 e. The predicted octanol–water partition coefficient (Wildman–Crippen LogP) is 2.95. The van der Waals surface area contributed by atoms with E-state index in [0.717, 1.165) is 0 Å². The lowest BCUT2D eigenvalue weighted by Gasteiger charge is -2.08. The Morgan fingerprint density at radius 2 is 1.24 bits per heavy atom. The lowest BCUT2D eigenvalue weighted by molar-refractivity contribution is 0.387. The van der Waals surface area contributed by atoms with Crippen molar-refractivity contribution in [2.45, 2.75) is 0 Å². The Morgan fingerprint density at radius 3 is 1.82 bits per heavy atom. The zero-order valence-corrected chi connectivity index (χ0v) is 7.86. The Kier molecular flexibility index (Phi) is 2.34. The smallest absolute Gasteiger partial charge is 0.204 e. The number of phenols is 2. The van der Waals surface area contributed by atoms with Crippen molar-refractivity contribution >= 4 is 10.8 Å². The molecule has 0 atom stereocenters. The van der Waals surface area contributed by atoms with Crippen molar-refractivity contribution in [3.05, 3.63) is 35.2 Å². The Labute approximate surface area is 90.5 Å². The van der Waals surface area contributed by atoms with Crippen molar-refractivity contribution < 1.29 is 32.2 Å². The number of fused-ring (bicyclic) bond motifs is 1. The average Bonchev–Trinajstić information content (AvgIpc) is 2.30. The summed E-state index contributed by atoms with van der Waals surface area (Å²) >= 11 is 0. The van der Waals surface area contributed by atoms with E-state index < -0.39 is 51.4 Å². The number of halogens is 5. The van der Waals surface area contributed by atoms with Crippen LogP contribution in [0.5, 0.6) is 11.5 Å². The van der Waals surface area contributed by atoms with Gasteiger partial charge < -0.3 is 10.2 Å². The monoisotopic (exact) mass is 250 g/mol. The van der Waals surface area contributed by atoms with Crippen LogP contribution in [-0.2, 0) is 0 Å². The van der Waals surface area contributed by atoms with Gasteiger partial charge in [0.25, 0.3) is 0 Å². The summed E-state index contributed by atoms with van der Waals surface area (Å²) in [5.74, 6) is -12.4. The van der Waals surface area contributed by atoms with Crippen molar-refractivity contribution in [1.82, 2.24) is 0 Å². The van der Waals surface area contributed by atoms with Crippen LogP contribution in [0.1, 0.15) is 0 Å². The molecule has 0 saturated heterocycles. The van der Waals surface area contributed by atoms with Gasteiger partial charge in [0.15, 0.2) is 29.0 Å². The lowest BCUT2D eigenvalue weighted by Crippen LogP contribution is -1.98. The molecule has 0 saturated carbocycles. The molecule has 0 aromatic heterocycles. The van der Waals surface area contributed by atoms with Crippen molar-refractivity contribution in [3.8, 4) is 11.5 Å². The van der Waals surface area contributed by atoms with E-state index in [4.69, 9.17) is 10.2 Å². The van der Waals surface area contributed by atoms with E-state index in [1.165, 1.54) is 0 Å². The number of phenolic OH excluding ortho intramolecular Hbond substituents is 2. The maximum atomic E-state index is 13.2. The molecule has 0 aliphatic rings. The third-order valence-electron chi connectivity index (χ3n) is 2.26. The fourth-order valence-corrected chi connectivity index (χ4v) is 1.44. The predicted molar refractivity (Wildman–Crippen MR) is 47.1 cm³/mol. The summed E-state index contributed by atoms with van der Waals surface area (Å²) in [5.41, 5.74) is 0. The standard InChI is InChI=1S/C10H3F5O2/c11-5-3(16)1-2-4(6(5)12)7(13)8(14)9(15)10(2)17/h1,16-17H. The molecule has 2 N–H and O–H groups in total. The molecule has 0 aliphatic carbocycles. The number of aromatic hydroxyl groups is 2. The molecule has 2 aromatic rings. The van der Waals surface area contributed by atoms with Crippen LogP contribution >= 0.6 is 0 Å². The molecular formula is C10H3F5O2. The highest BCUT2D eigenvalue weighted by Gasteiger charge is 2.25. The average molecular weight is 250 g/mol. The second kappa shape index (κ2) is 3.47. The quantitative estimate of drug-likeness (QED) is 0.557. The van der Waals surface area contributed by atoms with Crippen LogP contribution in [0.3, 0.4) is 0 Å². The minimum absolute atomic E-state index is 0.397. The van der Waals surface area contributed by atoms with Crippen LogP contribution in [0.4, 0.5) is 22.0 Å². The number of rotatable bonds is 0. The second-order valence-electron chi connectivity index (χ2n) is 3.24. The highest BCUT2D eigenvalue weighted by molar-refractivity contribution is 5.90. The van der Waals surface area contributed by atoms with Gasteiger partial charge in [0.2, 0.25) is 11.6 Å². The first kappa shape index (κ1) is 11.4. The van der Waals surface area contributed by atoms with Gasteiger partial charge in [-0.25, -0.2) is 13.2 Å². The Hall–Kier alpha value is -2.05. The molecule has 0 amide bonds. The van der Waals surface area contributed by atoms with Gasteiger partial charge in [-0.3, -0.25) is 0 Å². The maximum absolute atomic E-state index is 13.2. The third-order valence-corrected chi connectivity index (χ3v) is 2.26. The summed E-state index contributed by atoms with van der Waals surface area (Å²) in [4.78, 5) is 0. The highest BCUT2D eigenvalue weighted by Crippen LogP contribution is 2.37. The zero-order valence-electron chi connectivity index (χ0n) is 7.86. The van der Waals surface area contributed by atoms with E-state index in [0.29, 0.717) is 6.07 Å². The van der Waals surface area contributed by atoms with Gasteiger partial charge in [-0.1, -0.05) is 0 Å².